The largest absolute Gasteiger partial charge is 0.495 e. The van der Waals surface area contributed by atoms with Crippen molar-refractivity contribution in [2.45, 2.75) is 25.6 Å². The fourth-order valence-electron chi connectivity index (χ4n) is 2.61. The minimum atomic E-state index is -1.81. The number of halogens is 1. The van der Waals surface area contributed by atoms with Crippen molar-refractivity contribution in [1.29, 1.82) is 0 Å². The lowest BCUT2D eigenvalue weighted by atomic mass is 9.86. The number of terminal acetylenes is 1. The third-order valence-corrected chi connectivity index (χ3v) is 4.24. The van der Waals surface area contributed by atoms with Gasteiger partial charge in [-0.05, 0) is 38.1 Å². The van der Waals surface area contributed by atoms with Crippen LogP contribution in [0.4, 0.5) is 0 Å². The molecule has 0 heterocycles. The second-order valence-corrected chi connectivity index (χ2v) is 6.48. The Morgan fingerprint density at radius 3 is 2.22 bits per heavy atom. The van der Waals surface area contributed by atoms with Crippen molar-refractivity contribution in [3.05, 3.63) is 58.1 Å². The lowest BCUT2D eigenvalue weighted by Crippen LogP contribution is -2.26. The number of benzene rings is 2. The van der Waals surface area contributed by atoms with Crippen LogP contribution in [0.1, 0.15) is 35.3 Å². The first kappa shape index (κ1) is 20.6. The quantitative estimate of drug-likeness (QED) is 0.602. The fourth-order valence-corrected chi connectivity index (χ4v) is 2.86. The average molecular weight is 389 g/mol. The number of carbonyl (C=O) groups excluding carboxylic acids is 1. The average Bonchev–Trinajstić information content (AvgIpc) is 2.66. The van der Waals surface area contributed by atoms with Gasteiger partial charge in [0.25, 0.3) is 0 Å². The summed E-state index contributed by atoms with van der Waals surface area (Å²) in [7, 11) is 2.76. The summed E-state index contributed by atoms with van der Waals surface area (Å²) in [5, 5.41) is 11.5. The monoisotopic (exact) mass is 388 g/mol. The van der Waals surface area contributed by atoms with Crippen molar-refractivity contribution in [1.82, 2.24) is 0 Å². The highest BCUT2D eigenvalue weighted by Gasteiger charge is 2.32. The molecule has 0 aliphatic rings. The Labute approximate surface area is 163 Å². The second-order valence-electron chi connectivity index (χ2n) is 6.07. The predicted molar refractivity (Wildman–Crippen MR) is 103 cm³/mol. The van der Waals surface area contributed by atoms with E-state index in [1.807, 2.05) is 13.8 Å². The minimum Gasteiger partial charge on any atom is -0.495 e. The third-order valence-electron chi connectivity index (χ3n) is 3.94. The summed E-state index contributed by atoms with van der Waals surface area (Å²) in [5.74, 6) is 2.58. The normalized spacial score (nSPS) is 12.8. The topological polar surface area (TPSA) is 65.0 Å². The van der Waals surface area contributed by atoms with Crippen LogP contribution in [0.5, 0.6) is 11.5 Å². The van der Waals surface area contributed by atoms with Gasteiger partial charge in [-0.2, -0.15) is 0 Å². The Bertz CT molecular complexity index is 885. The van der Waals surface area contributed by atoms with Gasteiger partial charge < -0.3 is 19.3 Å². The summed E-state index contributed by atoms with van der Waals surface area (Å²) in [6.45, 7) is 3.68. The Morgan fingerprint density at radius 2 is 1.74 bits per heavy atom. The van der Waals surface area contributed by atoms with Gasteiger partial charge in [0.1, 0.15) is 17.1 Å². The van der Waals surface area contributed by atoms with Crippen LogP contribution in [0.3, 0.4) is 0 Å². The van der Waals surface area contributed by atoms with Crippen molar-refractivity contribution >= 4 is 17.6 Å². The maximum Gasteiger partial charge on any atom is 0.341 e. The predicted octanol–water partition coefficient (Wildman–Crippen LogP) is 3.79. The second kappa shape index (κ2) is 8.34. The zero-order chi connectivity index (χ0) is 20.2. The van der Waals surface area contributed by atoms with E-state index < -0.39 is 11.6 Å². The number of hydrogen-bond donors (Lipinski definition) is 1. The van der Waals surface area contributed by atoms with Crippen molar-refractivity contribution < 1.29 is 24.1 Å². The number of rotatable bonds is 6. The smallest absolute Gasteiger partial charge is 0.341 e. The van der Waals surface area contributed by atoms with Crippen LogP contribution in [0, 0.1) is 12.3 Å². The Hall–Kier alpha value is -2.68. The number of aliphatic hydroxyl groups is 1. The molecule has 0 aliphatic carbocycles. The van der Waals surface area contributed by atoms with Gasteiger partial charge in [-0.15, -0.1) is 6.42 Å². The van der Waals surface area contributed by atoms with Crippen LogP contribution < -0.4 is 9.47 Å². The first-order chi connectivity index (χ1) is 12.8. The molecule has 1 N–H and O–H groups in total. The molecule has 27 heavy (non-hydrogen) atoms. The van der Waals surface area contributed by atoms with E-state index in [1.165, 1.54) is 26.4 Å². The summed E-state index contributed by atoms with van der Waals surface area (Å²) in [4.78, 5) is 12.2. The van der Waals surface area contributed by atoms with E-state index in [1.54, 1.807) is 24.3 Å². The van der Waals surface area contributed by atoms with Gasteiger partial charge in [0.15, 0.2) is 5.60 Å². The molecule has 0 saturated carbocycles. The molecule has 0 aromatic heterocycles. The molecule has 0 amide bonds. The maximum absolute atomic E-state index is 12.2. The number of hydrogen-bond acceptors (Lipinski definition) is 5. The van der Waals surface area contributed by atoms with E-state index in [4.69, 9.17) is 32.2 Å². The van der Waals surface area contributed by atoms with Gasteiger partial charge in [0.05, 0.1) is 25.3 Å². The van der Waals surface area contributed by atoms with E-state index in [-0.39, 0.29) is 11.7 Å². The molecule has 2 aromatic rings. The van der Waals surface area contributed by atoms with Crippen LogP contribution >= 0.6 is 11.6 Å². The molecule has 2 rings (SSSR count). The van der Waals surface area contributed by atoms with Crippen molar-refractivity contribution in [2.75, 3.05) is 14.2 Å². The molecule has 0 bridgehead atoms. The highest BCUT2D eigenvalue weighted by Crippen LogP contribution is 2.36. The molecular weight excluding hydrogens is 368 g/mol. The van der Waals surface area contributed by atoms with Crippen LogP contribution in [-0.4, -0.2) is 31.4 Å². The van der Waals surface area contributed by atoms with Gasteiger partial charge >= 0.3 is 5.97 Å². The van der Waals surface area contributed by atoms with Gasteiger partial charge in [-0.25, -0.2) is 4.79 Å². The summed E-state index contributed by atoms with van der Waals surface area (Å²) >= 11 is 6.17. The first-order valence-corrected chi connectivity index (χ1v) is 8.58. The van der Waals surface area contributed by atoms with E-state index in [9.17, 15) is 9.90 Å². The molecule has 0 fully saturated rings. The van der Waals surface area contributed by atoms with E-state index >= 15 is 0 Å². The number of ether oxygens (including phenoxy) is 3. The summed E-state index contributed by atoms with van der Waals surface area (Å²) in [6, 6.07) is 9.38. The molecule has 142 valence electrons. The zero-order valence-corrected chi connectivity index (χ0v) is 16.3. The molecule has 1 unspecified atom stereocenters. The number of carbonyl (C=O) groups is 1. The fraction of sp³-hybridized carbons (Fsp3) is 0.286. The van der Waals surface area contributed by atoms with Gasteiger partial charge in [-0.3, -0.25) is 0 Å². The van der Waals surface area contributed by atoms with Crippen LogP contribution in [0.2, 0.25) is 5.02 Å². The molecular formula is C21H21ClO5. The summed E-state index contributed by atoms with van der Waals surface area (Å²) < 4.78 is 15.6. The van der Waals surface area contributed by atoms with Crippen molar-refractivity contribution in [3.8, 4) is 23.8 Å². The standard InChI is InChI=1S/C21H21ClO5/c1-6-21(24,15-8-10-19(25-4)17(22)12-15)14-7-9-18(27-13(2)3)16(11-14)20(23)26-5/h1,7-13,24H,2-5H3. The van der Waals surface area contributed by atoms with E-state index in [2.05, 4.69) is 5.92 Å². The zero-order valence-electron chi connectivity index (χ0n) is 15.6. The molecule has 0 aliphatic heterocycles. The molecule has 1 atom stereocenters. The van der Waals surface area contributed by atoms with Gasteiger partial charge in [0.2, 0.25) is 0 Å². The minimum absolute atomic E-state index is 0.147. The highest BCUT2D eigenvalue weighted by atomic mass is 35.5. The summed E-state index contributed by atoms with van der Waals surface area (Å²) in [6.07, 6.45) is 5.50. The van der Waals surface area contributed by atoms with Crippen molar-refractivity contribution in [3.63, 3.8) is 0 Å². The van der Waals surface area contributed by atoms with Crippen molar-refractivity contribution in [2.24, 2.45) is 0 Å². The maximum atomic E-state index is 12.2. The van der Waals surface area contributed by atoms with Gasteiger partial charge in [-0.1, -0.05) is 29.7 Å². The highest BCUT2D eigenvalue weighted by molar-refractivity contribution is 6.32. The molecule has 6 heteroatoms. The SMILES string of the molecule is C#CC(O)(c1ccc(OC)c(Cl)c1)c1ccc(OC(C)C)c(C(=O)OC)c1. The summed E-state index contributed by atoms with van der Waals surface area (Å²) in [5.41, 5.74) is -0.974. The number of methoxy groups -OCH3 is 2. The molecule has 0 spiro atoms. The van der Waals surface area contributed by atoms with E-state index in [0.29, 0.717) is 27.6 Å². The Morgan fingerprint density at radius 1 is 1.15 bits per heavy atom. The first-order valence-electron chi connectivity index (χ1n) is 8.20. The number of esters is 1. The molecule has 0 radical (unpaired) electrons. The van der Waals surface area contributed by atoms with Crippen LogP contribution in [0.15, 0.2) is 36.4 Å². The lowest BCUT2D eigenvalue weighted by Gasteiger charge is -2.25. The van der Waals surface area contributed by atoms with Gasteiger partial charge in [0, 0.05) is 11.1 Å². The Balaban J connectivity index is 2.61. The van der Waals surface area contributed by atoms with E-state index in [0.717, 1.165) is 0 Å². The Kier molecular flexibility index (Phi) is 6.37. The molecule has 5 nitrogen and oxygen atoms in total. The molecule has 0 saturated heterocycles. The third kappa shape index (κ3) is 4.19. The van der Waals surface area contributed by atoms with Crippen LogP contribution in [0.25, 0.3) is 0 Å². The molecule has 2 aromatic carbocycles. The van der Waals surface area contributed by atoms with Crippen LogP contribution in [-0.2, 0) is 10.3 Å². The lowest BCUT2D eigenvalue weighted by molar-refractivity contribution is 0.0593.